The average Bonchev–Trinajstić information content (AvgIpc) is 3.29. The van der Waals surface area contributed by atoms with Crippen LogP contribution in [0.15, 0.2) is 64.3 Å². The molecule has 2 N–H and O–H groups in total. The van der Waals surface area contributed by atoms with E-state index in [1.165, 1.54) is 0 Å². The number of aromatic nitrogens is 2. The third-order valence-electron chi connectivity index (χ3n) is 5.07. The second-order valence-electron chi connectivity index (χ2n) is 7.44. The number of hydrogen-bond donors (Lipinski definition) is 2. The highest BCUT2D eigenvalue weighted by Crippen LogP contribution is 2.18. The van der Waals surface area contributed by atoms with E-state index in [2.05, 4.69) is 43.5 Å². The third kappa shape index (κ3) is 5.61. The van der Waals surface area contributed by atoms with Crippen LogP contribution in [0.5, 0.6) is 0 Å². The van der Waals surface area contributed by atoms with Gasteiger partial charge in [-0.25, -0.2) is 9.97 Å². The number of benzene rings is 1. The van der Waals surface area contributed by atoms with Crippen molar-refractivity contribution in [1.82, 2.24) is 20.6 Å². The number of oxazole rings is 1. The Hall–Kier alpha value is -3.39. The molecule has 1 aliphatic heterocycles. The van der Waals surface area contributed by atoms with Crippen LogP contribution in [0.4, 0.5) is 5.82 Å². The summed E-state index contributed by atoms with van der Waals surface area (Å²) in [6, 6.07) is 14.0. The van der Waals surface area contributed by atoms with Gasteiger partial charge >= 0.3 is 0 Å². The van der Waals surface area contributed by atoms with Gasteiger partial charge in [0.25, 0.3) is 0 Å². The van der Waals surface area contributed by atoms with E-state index in [1.807, 2.05) is 42.6 Å². The van der Waals surface area contributed by atoms with E-state index in [9.17, 15) is 0 Å². The van der Waals surface area contributed by atoms with E-state index in [4.69, 9.17) is 9.15 Å². The van der Waals surface area contributed by atoms with Crippen LogP contribution in [0.1, 0.15) is 18.2 Å². The lowest BCUT2D eigenvalue weighted by molar-refractivity contribution is 0.0529. The lowest BCUT2D eigenvalue weighted by atomic mass is 10.2. The van der Waals surface area contributed by atoms with Crippen LogP contribution in [0.3, 0.4) is 0 Å². The largest absolute Gasteiger partial charge is 0.444 e. The standard InChI is InChI=1S/C23H28N6O2/c1-17-15-29(10-11-30-17)21-12-18(8-9-25-21)13-26-23(24-2)27-14-20-16-31-22(28-20)19-6-4-3-5-7-19/h3-9,12,16-17H,10-11,13-15H2,1-2H3,(H2,24,26,27). The minimum Gasteiger partial charge on any atom is -0.444 e. The number of hydrogen-bond acceptors (Lipinski definition) is 6. The molecule has 31 heavy (non-hydrogen) atoms. The van der Waals surface area contributed by atoms with Crippen molar-refractivity contribution >= 4 is 11.8 Å². The highest BCUT2D eigenvalue weighted by Gasteiger charge is 2.18. The molecule has 1 fully saturated rings. The summed E-state index contributed by atoms with van der Waals surface area (Å²) in [5.41, 5.74) is 2.91. The van der Waals surface area contributed by atoms with Crippen LogP contribution in [0.2, 0.25) is 0 Å². The number of aliphatic imine (C=N–C) groups is 1. The summed E-state index contributed by atoms with van der Waals surface area (Å²) in [7, 11) is 1.75. The normalized spacial score (nSPS) is 16.9. The zero-order valence-corrected chi connectivity index (χ0v) is 17.9. The molecule has 8 nitrogen and oxygen atoms in total. The first-order valence-corrected chi connectivity index (χ1v) is 10.5. The van der Waals surface area contributed by atoms with Gasteiger partial charge in [0.05, 0.1) is 24.9 Å². The van der Waals surface area contributed by atoms with Crippen molar-refractivity contribution in [3.05, 3.63) is 66.2 Å². The Labute approximate surface area is 182 Å². The fourth-order valence-corrected chi connectivity index (χ4v) is 3.45. The molecule has 2 aromatic heterocycles. The predicted octanol–water partition coefficient (Wildman–Crippen LogP) is 2.83. The Balaban J connectivity index is 1.30. The van der Waals surface area contributed by atoms with Crippen LogP contribution in [0.25, 0.3) is 11.5 Å². The topological polar surface area (TPSA) is 87.8 Å². The molecule has 1 saturated heterocycles. The Morgan fingerprint density at radius 3 is 2.84 bits per heavy atom. The van der Waals surface area contributed by atoms with Crippen LogP contribution < -0.4 is 15.5 Å². The van der Waals surface area contributed by atoms with E-state index < -0.39 is 0 Å². The molecular formula is C23H28N6O2. The molecule has 4 rings (SSSR count). The van der Waals surface area contributed by atoms with Crippen molar-refractivity contribution in [2.45, 2.75) is 26.1 Å². The van der Waals surface area contributed by atoms with Gasteiger partial charge in [-0.1, -0.05) is 18.2 Å². The summed E-state index contributed by atoms with van der Waals surface area (Å²) in [5.74, 6) is 2.29. The first-order chi connectivity index (χ1) is 15.2. The van der Waals surface area contributed by atoms with E-state index in [0.29, 0.717) is 24.9 Å². The monoisotopic (exact) mass is 420 g/mol. The van der Waals surface area contributed by atoms with E-state index in [0.717, 1.165) is 42.3 Å². The van der Waals surface area contributed by atoms with E-state index >= 15 is 0 Å². The second kappa shape index (κ2) is 10.1. The van der Waals surface area contributed by atoms with Gasteiger partial charge in [-0.05, 0) is 36.8 Å². The molecule has 1 aromatic carbocycles. The molecule has 3 heterocycles. The summed E-state index contributed by atoms with van der Waals surface area (Å²) in [4.78, 5) is 15.6. The Morgan fingerprint density at radius 1 is 1.19 bits per heavy atom. The number of nitrogens with one attached hydrogen (secondary N) is 2. The van der Waals surface area contributed by atoms with E-state index in [-0.39, 0.29) is 6.10 Å². The van der Waals surface area contributed by atoms with Crippen molar-refractivity contribution in [3.8, 4) is 11.5 Å². The van der Waals surface area contributed by atoms with Crippen LogP contribution in [0, 0.1) is 0 Å². The smallest absolute Gasteiger partial charge is 0.226 e. The molecule has 3 aromatic rings. The molecule has 8 heteroatoms. The molecule has 0 aliphatic carbocycles. The molecule has 162 valence electrons. The molecule has 0 saturated carbocycles. The average molecular weight is 421 g/mol. The quantitative estimate of drug-likeness (QED) is 0.468. The maximum absolute atomic E-state index is 5.63. The number of morpholine rings is 1. The van der Waals surface area contributed by atoms with Crippen molar-refractivity contribution in [2.75, 3.05) is 31.6 Å². The van der Waals surface area contributed by atoms with Gasteiger partial charge in [-0.2, -0.15) is 0 Å². The molecule has 0 spiro atoms. The maximum atomic E-state index is 5.63. The number of anilines is 1. The molecular weight excluding hydrogens is 392 g/mol. The summed E-state index contributed by atoms with van der Waals surface area (Å²) < 4.78 is 11.2. The minimum atomic E-state index is 0.222. The summed E-state index contributed by atoms with van der Waals surface area (Å²) in [5, 5.41) is 6.62. The Morgan fingerprint density at radius 2 is 2.03 bits per heavy atom. The number of nitrogens with zero attached hydrogens (tertiary/aromatic N) is 4. The zero-order valence-electron chi connectivity index (χ0n) is 17.9. The van der Waals surface area contributed by atoms with Crippen LogP contribution >= 0.6 is 0 Å². The fourth-order valence-electron chi connectivity index (χ4n) is 3.45. The SMILES string of the molecule is CN=C(NCc1ccnc(N2CCOC(C)C2)c1)NCc1coc(-c2ccccc2)n1. The molecule has 0 radical (unpaired) electrons. The summed E-state index contributed by atoms with van der Waals surface area (Å²) >= 11 is 0. The predicted molar refractivity (Wildman–Crippen MR) is 121 cm³/mol. The van der Waals surface area contributed by atoms with Gasteiger partial charge < -0.3 is 24.7 Å². The number of rotatable bonds is 6. The fraction of sp³-hybridized carbons (Fsp3) is 0.348. The summed E-state index contributed by atoms with van der Waals surface area (Å²) in [6.07, 6.45) is 3.74. The first-order valence-electron chi connectivity index (χ1n) is 10.5. The first kappa shape index (κ1) is 20.9. The van der Waals surface area contributed by atoms with Crippen molar-refractivity contribution < 1.29 is 9.15 Å². The number of guanidine groups is 1. The van der Waals surface area contributed by atoms with Gasteiger partial charge in [0.15, 0.2) is 5.96 Å². The van der Waals surface area contributed by atoms with Gasteiger partial charge in [-0.15, -0.1) is 0 Å². The molecule has 0 bridgehead atoms. The van der Waals surface area contributed by atoms with Crippen LogP contribution in [-0.2, 0) is 17.8 Å². The number of pyridine rings is 1. The zero-order chi connectivity index (χ0) is 21.5. The molecule has 0 amide bonds. The van der Waals surface area contributed by atoms with Crippen LogP contribution in [-0.4, -0.2) is 48.8 Å². The van der Waals surface area contributed by atoms with Crippen molar-refractivity contribution in [3.63, 3.8) is 0 Å². The Kier molecular flexibility index (Phi) is 6.78. The molecule has 1 unspecified atom stereocenters. The van der Waals surface area contributed by atoms with E-state index in [1.54, 1.807) is 13.3 Å². The highest BCUT2D eigenvalue weighted by molar-refractivity contribution is 5.79. The minimum absolute atomic E-state index is 0.222. The maximum Gasteiger partial charge on any atom is 0.226 e. The third-order valence-corrected chi connectivity index (χ3v) is 5.07. The second-order valence-corrected chi connectivity index (χ2v) is 7.44. The molecule has 1 atom stereocenters. The van der Waals surface area contributed by atoms with Gasteiger partial charge in [0.2, 0.25) is 5.89 Å². The van der Waals surface area contributed by atoms with Crippen molar-refractivity contribution in [2.24, 2.45) is 4.99 Å². The van der Waals surface area contributed by atoms with Crippen molar-refractivity contribution in [1.29, 1.82) is 0 Å². The lowest BCUT2D eigenvalue weighted by Crippen LogP contribution is -2.41. The Bertz CT molecular complexity index is 1000. The van der Waals surface area contributed by atoms with Gasteiger partial charge in [-0.3, -0.25) is 4.99 Å². The number of ether oxygens (including phenoxy) is 1. The highest BCUT2D eigenvalue weighted by atomic mass is 16.5. The van der Waals surface area contributed by atoms with Gasteiger partial charge in [0.1, 0.15) is 12.1 Å². The lowest BCUT2D eigenvalue weighted by Gasteiger charge is -2.32. The molecule has 1 aliphatic rings. The summed E-state index contributed by atoms with van der Waals surface area (Å²) in [6.45, 7) is 5.70. The van der Waals surface area contributed by atoms with Gasteiger partial charge in [0, 0.05) is 38.4 Å².